The van der Waals surface area contributed by atoms with Gasteiger partial charge in [0.2, 0.25) is 0 Å². The van der Waals surface area contributed by atoms with E-state index in [9.17, 15) is 9.59 Å². The number of likely N-dealkylation sites (tertiary alicyclic amines) is 1. The van der Waals surface area contributed by atoms with Crippen LogP contribution in [0.3, 0.4) is 0 Å². The van der Waals surface area contributed by atoms with Gasteiger partial charge < -0.3 is 14.7 Å². The highest BCUT2D eigenvalue weighted by Crippen LogP contribution is 2.30. The topological polar surface area (TPSA) is 66.8 Å². The van der Waals surface area contributed by atoms with E-state index in [0.717, 1.165) is 5.56 Å². The van der Waals surface area contributed by atoms with Gasteiger partial charge in [-0.05, 0) is 37.1 Å². The van der Waals surface area contributed by atoms with Gasteiger partial charge in [0.15, 0.2) is 0 Å². The number of fused-ring (bicyclic) bond motifs is 1. The molecule has 1 amide bonds. The molecule has 2 heterocycles. The maximum Gasteiger partial charge on any atom is 0.326 e. The number of aliphatic carboxylic acids is 1. The quantitative estimate of drug-likeness (QED) is 0.909. The lowest BCUT2D eigenvalue weighted by Gasteiger charge is -2.25. The van der Waals surface area contributed by atoms with Crippen LogP contribution in [0.4, 0.5) is 0 Å². The fourth-order valence-electron chi connectivity index (χ4n) is 2.72. The second-order valence-electron chi connectivity index (χ2n) is 5.14. The van der Waals surface area contributed by atoms with E-state index < -0.39 is 12.0 Å². The number of amides is 1. The third-order valence-corrected chi connectivity index (χ3v) is 3.99. The molecule has 3 rings (SSSR count). The number of carbonyl (C=O) groups excluding carboxylic acids is 1. The van der Waals surface area contributed by atoms with Crippen molar-refractivity contribution in [2.75, 3.05) is 13.2 Å². The molecule has 1 aromatic carbocycles. The predicted molar refractivity (Wildman–Crippen MR) is 77.3 cm³/mol. The molecule has 1 atom stereocenters. The van der Waals surface area contributed by atoms with E-state index in [0.29, 0.717) is 35.7 Å². The predicted octanol–water partition coefficient (Wildman–Crippen LogP) is 2.19. The molecule has 5 nitrogen and oxygen atoms in total. The SMILES string of the molecule is O=C(O)C1CCCN1C(=O)C1=Cc2cc(Cl)ccc2OC1. The molecule has 0 saturated carbocycles. The second-order valence-corrected chi connectivity index (χ2v) is 5.57. The first-order valence-electron chi connectivity index (χ1n) is 6.73. The summed E-state index contributed by atoms with van der Waals surface area (Å²) in [6, 6.07) is 4.47. The van der Waals surface area contributed by atoms with Gasteiger partial charge in [0.25, 0.3) is 5.91 Å². The number of ether oxygens (including phenoxy) is 1. The molecule has 1 saturated heterocycles. The fourth-order valence-corrected chi connectivity index (χ4v) is 2.90. The van der Waals surface area contributed by atoms with Gasteiger partial charge in [0, 0.05) is 17.1 Å². The van der Waals surface area contributed by atoms with Crippen LogP contribution in [0.25, 0.3) is 6.08 Å². The van der Waals surface area contributed by atoms with E-state index in [1.807, 2.05) is 0 Å². The van der Waals surface area contributed by atoms with Crippen LogP contribution in [-0.4, -0.2) is 41.1 Å². The lowest BCUT2D eigenvalue weighted by molar-refractivity contribution is -0.147. The summed E-state index contributed by atoms with van der Waals surface area (Å²) >= 11 is 5.94. The first-order chi connectivity index (χ1) is 10.1. The Morgan fingerprint density at radius 2 is 2.19 bits per heavy atom. The van der Waals surface area contributed by atoms with Crippen molar-refractivity contribution in [1.82, 2.24) is 4.90 Å². The number of rotatable bonds is 2. The number of nitrogens with zero attached hydrogens (tertiary/aromatic N) is 1. The first-order valence-corrected chi connectivity index (χ1v) is 7.11. The molecule has 110 valence electrons. The van der Waals surface area contributed by atoms with Crippen LogP contribution in [0, 0.1) is 0 Å². The van der Waals surface area contributed by atoms with E-state index >= 15 is 0 Å². The zero-order chi connectivity index (χ0) is 15.0. The van der Waals surface area contributed by atoms with Crippen molar-refractivity contribution in [3.05, 3.63) is 34.4 Å². The Bertz CT molecular complexity index is 641. The summed E-state index contributed by atoms with van der Waals surface area (Å²) in [5, 5.41) is 9.72. The van der Waals surface area contributed by atoms with E-state index in [1.54, 1.807) is 24.3 Å². The van der Waals surface area contributed by atoms with E-state index in [1.165, 1.54) is 4.90 Å². The summed E-state index contributed by atoms with van der Waals surface area (Å²) < 4.78 is 5.55. The van der Waals surface area contributed by atoms with Crippen LogP contribution in [0.1, 0.15) is 18.4 Å². The zero-order valence-corrected chi connectivity index (χ0v) is 12.0. The molecule has 1 fully saturated rings. The Kier molecular flexibility index (Phi) is 3.59. The van der Waals surface area contributed by atoms with Crippen molar-refractivity contribution in [3.63, 3.8) is 0 Å². The van der Waals surface area contributed by atoms with Crippen molar-refractivity contribution in [3.8, 4) is 5.75 Å². The smallest absolute Gasteiger partial charge is 0.326 e. The molecule has 21 heavy (non-hydrogen) atoms. The molecular formula is C15H14ClNO4. The summed E-state index contributed by atoms with van der Waals surface area (Å²) in [5.41, 5.74) is 1.20. The highest BCUT2D eigenvalue weighted by Gasteiger charge is 2.35. The first kappa shape index (κ1) is 13.9. The Balaban J connectivity index is 1.87. The molecule has 2 aliphatic heterocycles. The minimum absolute atomic E-state index is 0.149. The standard InChI is InChI=1S/C15H14ClNO4/c16-11-3-4-13-9(7-11)6-10(8-21-13)14(18)17-5-1-2-12(17)15(19)20/h3-4,6-7,12H,1-2,5,8H2,(H,19,20). The van der Waals surface area contributed by atoms with Crippen LogP contribution in [0.15, 0.2) is 23.8 Å². The molecule has 2 aliphatic rings. The molecule has 1 unspecified atom stereocenters. The molecule has 0 radical (unpaired) electrons. The van der Waals surface area contributed by atoms with Gasteiger partial charge in [-0.25, -0.2) is 4.79 Å². The Morgan fingerprint density at radius 3 is 2.95 bits per heavy atom. The van der Waals surface area contributed by atoms with Gasteiger partial charge in [0.05, 0.1) is 5.57 Å². The van der Waals surface area contributed by atoms with Crippen molar-refractivity contribution < 1.29 is 19.4 Å². The lowest BCUT2D eigenvalue weighted by Crippen LogP contribution is -2.42. The molecule has 0 aromatic heterocycles. The van der Waals surface area contributed by atoms with Gasteiger partial charge in [-0.15, -0.1) is 0 Å². The molecular weight excluding hydrogens is 294 g/mol. The van der Waals surface area contributed by atoms with Crippen molar-refractivity contribution >= 4 is 29.6 Å². The van der Waals surface area contributed by atoms with Crippen LogP contribution >= 0.6 is 11.6 Å². The fraction of sp³-hybridized carbons (Fsp3) is 0.333. The summed E-state index contributed by atoms with van der Waals surface area (Å²) in [6.45, 7) is 0.617. The highest BCUT2D eigenvalue weighted by atomic mass is 35.5. The van der Waals surface area contributed by atoms with Crippen LogP contribution in [-0.2, 0) is 9.59 Å². The van der Waals surface area contributed by atoms with Crippen molar-refractivity contribution in [2.45, 2.75) is 18.9 Å². The number of benzene rings is 1. The summed E-state index contributed by atoms with van der Waals surface area (Å²) in [7, 11) is 0. The zero-order valence-electron chi connectivity index (χ0n) is 11.2. The van der Waals surface area contributed by atoms with Gasteiger partial charge in [-0.3, -0.25) is 4.79 Å². The van der Waals surface area contributed by atoms with Gasteiger partial charge in [-0.1, -0.05) is 11.6 Å². The lowest BCUT2D eigenvalue weighted by atomic mass is 10.1. The van der Waals surface area contributed by atoms with E-state index in [4.69, 9.17) is 21.4 Å². The third-order valence-electron chi connectivity index (χ3n) is 3.76. The normalized spacial score (nSPS) is 20.5. The number of halogens is 1. The number of hydrogen-bond acceptors (Lipinski definition) is 3. The molecule has 0 spiro atoms. The molecule has 0 bridgehead atoms. The van der Waals surface area contributed by atoms with Crippen molar-refractivity contribution in [1.29, 1.82) is 0 Å². The van der Waals surface area contributed by atoms with E-state index in [-0.39, 0.29) is 12.5 Å². The minimum atomic E-state index is -0.957. The van der Waals surface area contributed by atoms with Crippen molar-refractivity contribution in [2.24, 2.45) is 0 Å². The summed E-state index contributed by atoms with van der Waals surface area (Å²) in [4.78, 5) is 25.1. The van der Waals surface area contributed by atoms with E-state index in [2.05, 4.69) is 0 Å². The largest absolute Gasteiger partial charge is 0.488 e. The van der Waals surface area contributed by atoms with Gasteiger partial charge >= 0.3 is 5.97 Å². The average Bonchev–Trinajstić information content (AvgIpc) is 2.95. The van der Waals surface area contributed by atoms with Crippen LogP contribution in [0.5, 0.6) is 5.75 Å². The Labute approximate surface area is 126 Å². The Hall–Kier alpha value is -2.01. The monoisotopic (exact) mass is 307 g/mol. The molecule has 6 heteroatoms. The maximum atomic E-state index is 12.5. The second kappa shape index (κ2) is 5.41. The highest BCUT2D eigenvalue weighted by molar-refractivity contribution is 6.30. The Morgan fingerprint density at radius 1 is 1.38 bits per heavy atom. The van der Waals surface area contributed by atoms with Gasteiger partial charge in [-0.2, -0.15) is 0 Å². The van der Waals surface area contributed by atoms with Crippen LogP contribution in [0.2, 0.25) is 5.02 Å². The van der Waals surface area contributed by atoms with Gasteiger partial charge in [0.1, 0.15) is 18.4 Å². The summed E-state index contributed by atoms with van der Waals surface area (Å²) in [5.74, 6) is -0.556. The third kappa shape index (κ3) is 2.61. The number of carboxylic acids is 1. The molecule has 0 aliphatic carbocycles. The maximum absolute atomic E-state index is 12.5. The number of carbonyl (C=O) groups is 2. The minimum Gasteiger partial charge on any atom is -0.488 e. The summed E-state index contributed by atoms with van der Waals surface area (Å²) in [6.07, 6.45) is 2.93. The number of carboxylic acid groups (broad SMARTS) is 1. The average molecular weight is 308 g/mol. The number of hydrogen-bond donors (Lipinski definition) is 1. The van der Waals surface area contributed by atoms with Crippen LogP contribution < -0.4 is 4.74 Å². The molecule has 1 N–H and O–H groups in total. The molecule has 1 aromatic rings.